The van der Waals surface area contributed by atoms with E-state index in [0.717, 1.165) is 5.56 Å². The lowest BCUT2D eigenvalue weighted by Crippen LogP contribution is -2.26. The van der Waals surface area contributed by atoms with E-state index in [4.69, 9.17) is 5.11 Å². The van der Waals surface area contributed by atoms with Gasteiger partial charge in [-0.15, -0.1) is 0 Å². The molecule has 1 N–H and O–H groups in total. The Labute approximate surface area is 92.7 Å². The Bertz CT molecular complexity index is 418. The number of hydrogen-bond donors (Lipinski definition) is 1. The molecule has 2 heterocycles. The highest BCUT2D eigenvalue weighted by atomic mass is 16.4. The first-order valence-corrected chi connectivity index (χ1v) is 4.99. The summed E-state index contributed by atoms with van der Waals surface area (Å²) in [5.74, 6) is -1.76. The number of aromatic nitrogens is 1. The summed E-state index contributed by atoms with van der Waals surface area (Å²) in [7, 11) is 1.63. The number of carboxylic acids is 1. The van der Waals surface area contributed by atoms with Crippen LogP contribution in [0.3, 0.4) is 0 Å². The molecule has 84 valence electrons. The molecule has 1 aromatic heterocycles. The molecule has 2 rings (SSSR count). The zero-order chi connectivity index (χ0) is 11.7. The number of carboxylic acid groups (broad SMARTS) is 1. The maximum atomic E-state index is 11.5. The van der Waals surface area contributed by atoms with Gasteiger partial charge in [0.05, 0.1) is 12.0 Å². The van der Waals surface area contributed by atoms with Crippen molar-refractivity contribution in [2.45, 2.75) is 12.5 Å². The molecule has 16 heavy (non-hydrogen) atoms. The molecule has 5 nitrogen and oxygen atoms in total. The van der Waals surface area contributed by atoms with Crippen molar-refractivity contribution in [2.75, 3.05) is 7.05 Å². The predicted octanol–water partition coefficient (Wildman–Crippen LogP) is 0.686. The summed E-state index contributed by atoms with van der Waals surface area (Å²) in [5.41, 5.74) is 0.767. The number of hydrogen-bond acceptors (Lipinski definition) is 3. The molecule has 0 spiro atoms. The standard InChI is InChI=1S/C11H12N2O3/c1-13-9(14)5-8(11(15)16)10(13)7-3-2-4-12-6-7/h2-4,6,8,10H,5H2,1H3,(H,15,16)/t8?,10-/m0/s1. The molecule has 0 aromatic carbocycles. The third-order valence-corrected chi connectivity index (χ3v) is 2.93. The van der Waals surface area contributed by atoms with E-state index in [1.54, 1.807) is 31.6 Å². The molecule has 1 aromatic rings. The third-order valence-electron chi connectivity index (χ3n) is 2.93. The second-order valence-electron chi connectivity index (χ2n) is 3.88. The van der Waals surface area contributed by atoms with Crippen molar-refractivity contribution in [1.29, 1.82) is 0 Å². The number of amides is 1. The van der Waals surface area contributed by atoms with Crippen LogP contribution in [0.2, 0.25) is 0 Å². The fourth-order valence-corrected chi connectivity index (χ4v) is 2.10. The molecule has 0 radical (unpaired) electrons. The van der Waals surface area contributed by atoms with Gasteiger partial charge in [0.25, 0.3) is 0 Å². The number of likely N-dealkylation sites (tertiary alicyclic amines) is 1. The van der Waals surface area contributed by atoms with Crippen molar-refractivity contribution in [3.8, 4) is 0 Å². The number of carbonyl (C=O) groups excluding carboxylic acids is 1. The van der Waals surface area contributed by atoms with Crippen LogP contribution in [0.15, 0.2) is 24.5 Å². The number of carbonyl (C=O) groups is 2. The van der Waals surface area contributed by atoms with Crippen molar-refractivity contribution >= 4 is 11.9 Å². The number of nitrogens with zero attached hydrogens (tertiary/aromatic N) is 2. The molecule has 5 heteroatoms. The van der Waals surface area contributed by atoms with Crippen molar-refractivity contribution in [1.82, 2.24) is 9.88 Å². The molecule has 1 unspecified atom stereocenters. The highest BCUT2D eigenvalue weighted by molar-refractivity contribution is 5.87. The summed E-state index contributed by atoms with van der Waals surface area (Å²) in [4.78, 5) is 28.0. The summed E-state index contributed by atoms with van der Waals surface area (Å²) in [6, 6.07) is 3.13. The quantitative estimate of drug-likeness (QED) is 0.795. The van der Waals surface area contributed by atoms with Gasteiger partial charge in [-0.3, -0.25) is 14.6 Å². The Hall–Kier alpha value is -1.91. The molecule has 1 aliphatic heterocycles. The van der Waals surface area contributed by atoms with Crippen molar-refractivity contribution in [3.63, 3.8) is 0 Å². The zero-order valence-corrected chi connectivity index (χ0v) is 8.83. The molecule has 1 fully saturated rings. The summed E-state index contributed by atoms with van der Waals surface area (Å²) >= 11 is 0. The first kappa shape index (κ1) is 10.6. The Kier molecular flexibility index (Phi) is 2.60. The van der Waals surface area contributed by atoms with E-state index >= 15 is 0 Å². The molecule has 1 saturated heterocycles. The Morgan fingerprint density at radius 3 is 2.94 bits per heavy atom. The summed E-state index contributed by atoms with van der Waals surface area (Å²) < 4.78 is 0. The molecule has 0 aliphatic carbocycles. The Morgan fingerprint density at radius 2 is 2.38 bits per heavy atom. The van der Waals surface area contributed by atoms with E-state index in [9.17, 15) is 9.59 Å². The van der Waals surface area contributed by atoms with E-state index in [2.05, 4.69) is 4.98 Å². The van der Waals surface area contributed by atoms with Gasteiger partial charge in [0.15, 0.2) is 0 Å². The highest BCUT2D eigenvalue weighted by Gasteiger charge is 2.42. The van der Waals surface area contributed by atoms with Crippen LogP contribution in [0.25, 0.3) is 0 Å². The lowest BCUT2D eigenvalue weighted by atomic mass is 9.95. The Morgan fingerprint density at radius 1 is 1.62 bits per heavy atom. The molecule has 1 aliphatic rings. The number of aliphatic carboxylic acids is 1. The van der Waals surface area contributed by atoms with Crippen LogP contribution in [0.4, 0.5) is 0 Å². The Balaban J connectivity index is 2.37. The van der Waals surface area contributed by atoms with Gasteiger partial charge in [-0.2, -0.15) is 0 Å². The van der Waals surface area contributed by atoms with Gasteiger partial charge >= 0.3 is 5.97 Å². The van der Waals surface area contributed by atoms with Crippen molar-refractivity contribution < 1.29 is 14.7 Å². The van der Waals surface area contributed by atoms with Gasteiger partial charge in [-0.05, 0) is 11.6 Å². The minimum atomic E-state index is -0.938. The van der Waals surface area contributed by atoms with Gasteiger partial charge in [0.2, 0.25) is 5.91 Å². The second-order valence-corrected chi connectivity index (χ2v) is 3.88. The maximum absolute atomic E-state index is 11.5. The topological polar surface area (TPSA) is 70.5 Å². The van der Waals surface area contributed by atoms with E-state index < -0.39 is 17.9 Å². The van der Waals surface area contributed by atoms with E-state index in [-0.39, 0.29) is 12.3 Å². The average Bonchev–Trinajstić information content (AvgIpc) is 2.57. The highest BCUT2D eigenvalue weighted by Crippen LogP contribution is 2.36. The lowest BCUT2D eigenvalue weighted by molar-refractivity contribution is -0.142. The summed E-state index contributed by atoms with van der Waals surface area (Å²) in [5, 5.41) is 9.08. The van der Waals surface area contributed by atoms with Crippen molar-refractivity contribution in [3.05, 3.63) is 30.1 Å². The maximum Gasteiger partial charge on any atom is 0.309 e. The minimum absolute atomic E-state index is 0.0609. The summed E-state index contributed by atoms with van der Waals surface area (Å²) in [6.45, 7) is 0. The SMILES string of the molecule is CN1C(=O)CC(C(=O)O)[C@@H]1c1cccnc1. The normalized spacial score (nSPS) is 24.8. The first-order valence-electron chi connectivity index (χ1n) is 4.99. The van der Waals surface area contributed by atoms with Gasteiger partial charge < -0.3 is 10.0 Å². The third kappa shape index (κ3) is 1.64. The largest absolute Gasteiger partial charge is 0.481 e. The molecule has 1 amide bonds. The smallest absolute Gasteiger partial charge is 0.309 e. The van der Waals surface area contributed by atoms with Crippen LogP contribution in [0.5, 0.6) is 0 Å². The van der Waals surface area contributed by atoms with Gasteiger partial charge in [-0.25, -0.2) is 0 Å². The van der Waals surface area contributed by atoms with E-state index in [0.29, 0.717) is 0 Å². The average molecular weight is 220 g/mol. The van der Waals surface area contributed by atoms with Crippen LogP contribution >= 0.6 is 0 Å². The van der Waals surface area contributed by atoms with Crippen LogP contribution in [0, 0.1) is 5.92 Å². The first-order chi connectivity index (χ1) is 7.61. The van der Waals surface area contributed by atoms with Crippen molar-refractivity contribution in [2.24, 2.45) is 5.92 Å². The molecule has 2 atom stereocenters. The summed E-state index contributed by atoms with van der Waals surface area (Å²) in [6.07, 6.45) is 3.29. The van der Waals surface area contributed by atoms with Gasteiger partial charge in [0.1, 0.15) is 0 Å². The van der Waals surface area contributed by atoms with Crippen LogP contribution in [-0.4, -0.2) is 33.9 Å². The van der Waals surface area contributed by atoms with Gasteiger partial charge in [-0.1, -0.05) is 6.07 Å². The molecular weight excluding hydrogens is 208 g/mol. The van der Waals surface area contributed by atoms with Gasteiger partial charge in [0, 0.05) is 25.9 Å². The zero-order valence-electron chi connectivity index (χ0n) is 8.83. The molecule has 0 bridgehead atoms. The fraction of sp³-hybridized carbons (Fsp3) is 0.364. The molecule has 0 saturated carbocycles. The van der Waals surface area contributed by atoms with E-state index in [1.165, 1.54) is 4.90 Å². The predicted molar refractivity (Wildman–Crippen MR) is 55.5 cm³/mol. The van der Waals surface area contributed by atoms with Crippen LogP contribution in [0.1, 0.15) is 18.0 Å². The second kappa shape index (κ2) is 3.92. The van der Waals surface area contributed by atoms with E-state index in [1.807, 2.05) is 0 Å². The molecular formula is C11H12N2O3. The minimum Gasteiger partial charge on any atom is -0.481 e. The fourth-order valence-electron chi connectivity index (χ4n) is 2.10. The number of rotatable bonds is 2. The van der Waals surface area contributed by atoms with Crippen LogP contribution < -0.4 is 0 Å². The van der Waals surface area contributed by atoms with Crippen LogP contribution in [-0.2, 0) is 9.59 Å². The number of pyridine rings is 1. The lowest BCUT2D eigenvalue weighted by Gasteiger charge is -2.22. The monoisotopic (exact) mass is 220 g/mol.